The Hall–Kier alpha value is -0.160. The molecule has 0 aromatic heterocycles. The maximum atomic E-state index is 5.90. The fourth-order valence-corrected chi connectivity index (χ4v) is 4.79. The van der Waals surface area contributed by atoms with Crippen LogP contribution in [0.1, 0.15) is 51.4 Å². The summed E-state index contributed by atoms with van der Waals surface area (Å²) in [6, 6.07) is 0. The standard InChI is InChI=1S/C18H32N2O2/c1(3-9-19-11-15-5-6-16(12-19)21-15)2-4-10-20-13-17-7-8-18(14-20)22-17/h15-18H,1-14H2. The molecule has 0 spiro atoms. The Morgan fingerprint density at radius 1 is 0.545 bits per heavy atom. The van der Waals surface area contributed by atoms with Crippen molar-refractivity contribution in [3.05, 3.63) is 0 Å². The Labute approximate surface area is 135 Å². The van der Waals surface area contributed by atoms with Crippen LogP contribution in [0.2, 0.25) is 0 Å². The number of hydrogen-bond donors (Lipinski definition) is 0. The lowest BCUT2D eigenvalue weighted by molar-refractivity contribution is -0.0397. The Bertz CT molecular complexity index is 307. The number of unbranched alkanes of at least 4 members (excludes halogenated alkanes) is 3. The zero-order chi connectivity index (χ0) is 14.8. The molecular formula is C18H32N2O2. The summed E-state index contributed by atoms with van der Waals surface area (Å²) in [4.78, 5) is 5.29. The largest absolute Gasteiger partial charge is 0.372 e. The van der Waals surface area contributed by atoms with E-state index in [1.54, 1.807) is 0 Å². The van der Waals surface area contributed by atoms with E-state index >= 15 is 0 Å². The first kappa shape index (κ1) is 15.4. The molecule has 4 nitrogen and oxygen atoms in total. The summed E-state index contributed by atoms with van der Waals surface area (Å²) < 4.78 is 11.8. The van der Waals surface area contributed by atoms with Crippen LogP contribution in [0.25, 0.3) is 0 Å². The summed E-state index contributed by atoms with van der Waals surface area (Å²) in [5, 5.41) is 0. The van der Waals surface area contributed by atoms with Gasteiger partial charge in [-0.25, -0.2) is 0 Å². The molecule has 0 amide bonds. The second kappa shape index (κ2) is 7.16. The highest BCUT2D eigenvalue weighted by Crippen LogP contribution is 2.27. The van der Waals surface area contributed by atoms with E-state index in [4.69, 9.17) is 9.47 Å². The van der Waals surface area contributed by atoms with Crippen LogP contribution < -0.4 is 0 Å². The van der Waals surface area contributed by atoms with Crippen molar-refractivity contribution in [2.75, 3.05) is 39.3 Å². The first-order valence-corrected chi connectivity index (χ1v) is 9.61. The molecule has 0 aromatic carbocycles. The van der Waals surface area contributed by atoms with Crippen LogP contribution >= 0.6 is 0 Å². The van der Waals surface area contributed by atoms with Gasteiger partial charge in [0.1, 0.15) is 0 Å². The van der Waals surface area contributed by atoms with Crippen molar-refractivity contribution >= 4 is 0 Å². The average molecular weight is 308 g/mol. The molecule has 4 aliphatic heterocycles. The highest BCUT2D eigenvalue weighted by atomic mass is 16.5. The van der Waals surface area contributed by atoms with Gasteiger partial charge in [-0.3, -0.25) is 9.80 Å². The Morgan fingerprint density at radius 3 is 1.27 bits per heavy atom. The van der Waals surface area contributed by atoms with Crippen molar-refractivity contribution in [2.45, 2.75) is 75.8 Å². The topological polar surface area (TPSA) is 24.9 Å². The first-order valence-electron chi connectivity index (χ1n) is 9.61. The lowest BCUT2D eigenvalue weighted by atomic mass is 10.1. The van der Waals surface area contributed by atoms with E-state index in [2.05, 4.69) is 9.80 Å². The minimum absolute atomic E-state index is 0.551. The molecule has 0 aromatic rings. The third kappa shape index (κ3) is 3.84. The normalized spacial score (nSPS) is 38.7. The van der Waals surface area contributed by atoms with E-state index in [1.807, 2.05) is 0 Å². The van der Waals surface area contributed by atoms with Crippen molar-refractivity contribution in [3.63, 3.8) is 0 Å². The second-order valence-corrected chi connectivity index (χ2v) is 7.85. The molecule has 4 bridgehead atoms. The number of rotatable bonds is 7. The average Bonchev–Trinajstić information content (AvgIpc) is 3.04. The molecule has 0 N–H and O–H groups in total. The third-order valence-electron chi connectivity index (χ3n) is 5.94. The minimum Gasteiger partial charge on any atom is -0.372 e. The lowest BCUT2D eigenvalue weighted by Crippen LogP contribution is -2.43. The molecule has 4 fully saturated rings. The summed E-state index contributed by atoms with van der Waals surface area (Å²) in [6.45, 7) is 7.33. The van der Waals surface area contributed by atoms with Gasteiger partial charge in [0.2, 0.25) is 0 Å². The molecular weight excluding hydrogens is 276 g/mol. The quantitative estimate of drug-likeness (QED) is 0.674. The van der Waals surface area contributed by atoms with Crippen LogP contribution in [0, 0.1) is 0 Å². The maximum Gasteiger partial charge on any atom is 0.0707 e. The monoisotopic (exact) mass is 308 g/mol. The summed E-state index contributed by atoms with van der Waals surface area (Å²) in [5.74, 6) is 0. The van der Waals surface area contributed by atoms with E-state index in [0.29, 0.717) is 24.4 Å². The third-order valence-corrected chi connectivity index (χ3v) is 5.94. The highest BCUT2D eigenvalue weighted by molar-refractivity contribution is 4.85. The van der Waals surface area contributed by atoms with E-state index in [0.717, 1.165) is 0 Å². The molecule has 126 valence electrons. The van der Waals surface area contributed by atoms with Crippen molar-refractivity contribution < 1.29 is 9.47 Å². The number of nitrogens with zero attached hydrogens (tertiary/aromatic N) is 2. The van der Waals surface area contributed by atoms with Crippen molar-refractivity contribution in [3.8, 4) is 0 Å². The first-order chi connectivity index (χ1) is 10.8. The SMILES string of the molecule is C(CCCN1CC2CCC(C1)O2)CCN1CC2CCC(C1)O2. The van der Waals surface area contributed by atoms with Gasteiger partial charge in [0.25, 0.3) is 0 Å². The Morgan fingerprint density at radius 2 is 0.909 bits per heavy atom. The summed E-state index contributed by atoms with van der Waals surface area (Å²) in [6.07, 6.45) is 12.9. The van der Waals surface area contributed by atoms with Gasteiger partial charge in [-0.1, -0.05) is 12.8 Å². The van der Waals surface area contributed by atoms with Crippen molar-refractivity contribution in [2.24, 2.45) is 0 Å². The highest BCUT2D eigenvalue weighted by Gasteiger charge is 2.34. The van der Waals surface area contributed by atoms with E-state index in [9.17, 15) is 0 Å². The van der Waals surface area contributed by atoms with E-state index in [1.165, 1.54) is 90.6 Å². The molecule has 22 heavy (non-hydrogen) atoms. The molecule has 4 rings (SSSR count). The number of hydrogen-bond acceptors (Lipinski definition) is 4. The number of morpholine rings is 2. The Balaban J connectivity index is 1.04. The molecule has 4 atom stereocenters. The molecule has 4 unspecified atom stereocenters. The van der Waals surface area contributed by atoms with Crippen LogP contribution in [-0.2, 0) is 9.47 Å². The van der Waals surface area contributed by atoms with Crippen molar-refractivity contribution in [1.29, 1.82) is 0 Å². The van der Waals surface area contributed by atoms with Crippen LogP contribution in [0.3, 0.4) is 0 Å². The van der Waals surface area contributed by atoms with Gasteiger partial charge in [0, 0.05) is 26.2 Å². The molecule has 4 aliphatic rings. The fourth-order valence-electron chi connectivity index (χ4n) is 4.79. The van der Waals surface area contributed by atoms with E-state index < -0.39 is 0 Å². The van der Waals surface area contributed by atoms with E-state index in [-0.39, 0.29) is 0 Å². The number of fused-ring (bicyclic) bond motifs is 4. The molecule has 4 heteroatoms. The zero-order valence-electron chi connectivity index (χ0n) is 13.9. The molecule has 0 radical (unpaired) electrons. The predicted molar refractivity (Wildman–Crippen MR) is 87.1 cm³/mol. The van der Waals surface area contributed by atoms with Gasteiger partial charge in [-0.15, -0.1) is 0 Å². The Kier molecular flexibility index (Phi) is 5.01. The lowest BCUT2D eigenvalue weighted by Gasteiger charge is -2.32. The van der Waals surface area contributed by atoms with Gasteiger partial charge in [-0.05, 0) is 51.6 Å². The van der Waals surface area contributed by atoms with Gasteiger partial charge in [0.15, 0.2) is 0 Å². The van der Waals surface area contributed by atoms with Crippen LogP contribution in [-0.4, -0.2) is 73.5 Å². The maximum absolute atomic E-state index is 5.90. The fraction of sp³-hybridized carbons (Fsp3) is 1.00. The number of ether oxygens (including phenoxy) is 2. The molecule has 4 saturated heterocycles. The van der Waals surface area contributed by atoms with Gasteiger partial charge < -0.3 is 9.47 Å². The summed E-state index contributed by atoms with van der Waals surface area (Å²) in [5.41, 5.74) is 0. The molecule has 0 saturated carbocycles. The molecule has 4 heterocycles. The number of likely N-dealkylation sites (tertiary alicyclic amines) is 2. The summed E-state index contributed by atoms with van der Waals surface area (Å²) >= 11 is 0. The van der Waals surface area contributed by atoms with Crippen LogP contribution in [0.4, 0.5) is 0 Å². The summed E-state index contributed by atoms with van der Waals surface area (Å²) in [7, 11) is 0. The predicted octanol–water partition coefficient (Wildman–Crippen LogP) is 2.27. The van der Waals surface area contributed by atoms with Crippen LogP contribution in [0.5, 0.6) is 0 Å². The van der Waals surface area contributed by atoms with Crippen LogP contribution in [0.15, 0.2) is 0 Å². The van der Waals surface area contributed by atoms with Gasteiger partial charge in [0.05, 0.1) is 24.4 Å². The molecule has 0 aliphatic carbocycles. The zero-order valence-corrected chi connectivity index (χ0v) is 13.9. The van der Waals surface area contributed by atoms with Crippen molar-refractivity contribution in [1.82, 2.24) is 9.80 Å². The van der Waals surface area contributed by atoms with Gasteiger partial charge >= 0.3 is 0 Å². The smallest absolute Gasteiger partial charge is 0.0707 e. The second-order valence-electron chi connectivity index (χ2n) is 7.85. The van der Waals surface area contributed by atoms with Gasteiger partial charge in [-0.2, -0.15) is 0 Å². The minimum atomic E-state index is 0.551.